The summed E-state index contributed by atoms with van der Waals surface area (Å²) in [4.78, 5) is 0. The summed E-state index contributed by atoms with van der Waals surface area (Å²) in [5.41, 5.74) is 1.60. The van der Waals surface area contributed by atoms with Crippen molar-refractivity contribution in [1.29, 1.82) is 0 Å². The van der Waals surface area contributed by atoms with E-state index in [1.165, 1.54) is 35.2 Å². The van der Waals surface area contributed by atoms with Crippen molar-refractivity contribution in [3.63, 3.8) is 0 Å². The molecule has 25 heavy (non-hydrogen) atoms. The molecule has 0 heterocycles. The summed E-state index contributed by atoms with van der Waals surface area (Å²) >= 11 is 0. The fourth-order valence-electron chi connectivity index (χ4n) is 4.20. The quantitative estimate of drug-likeness (QED) is 0.554. The van der Waals surface area contributed by atoms with E-state index in [1.54, 1.807) is 10.9 Å². The molecule has 0 unspecified atom stereocenters. The summed E-state index contributed by atoms with van der Waals surface area (Å²) in [6.45, 7) is 2.35. The molecular weight excluding hydrogens is 319 g/mol. The topological polar surface area (TPSA) is 0 Å². The molecule has 3 aromatic carbocycles. The Morgan fingerprint density at radius 2 is 0.960 bits per heavy atom. The van der Waals surface area contributed by atoms with E-state index < -0.39 is 7.26 Å². The minimum absolute atomic E-state index is 1.22. The summed E-state index contributed by atoms with van der Waals surface area (Å²) in [5, 5.41) is 6.12. The van der Waals surface area contributed by atoms with Crippen LogP contribution in [-0.2, 0) is 0 Å². The molecule has 3 aromatic rings. The first-order valence-electron chi connectivity index (χ1n) is 9.08. The molecule has 0 aromatic heterocycles. The van der Waals surface area contributed by atoms with Crippen molar-refractivity contribution >= 4 is 23.2 Å². The highest BCUT2D eigenvalue weighted by Gasteiger charge is 2.50. The second kappa shape index (κ2) is 6.98. The van der Waals surface area contributed by atoms with Crippen molar-refractivity contribution in [2.45, 2.75) is 26.2 Å². The second-order valence-electron chi connectivity index (χ2n) is 6.76. The number of hydrogen-bond acceptors (Lipinski definition) is 0. The van der Waals surface area contributed by atoms with Crippen molar-refractivity contribution in [3.05, 3.63) is 102 Å². The molecular formula is C24H24P+. The van der Waals surface area contributed by atoms with E-state index in [2.05, 4.69) is 97.9 Å². The van der Waals surface area contributed by atoms with Gasteiger partial charge in [-0.05, 0) is 61.7 Å². The predicted octanol–water partition coefficient (Wildman–Crippen LogP) is 5.44. The molecule has 124 valence electrons. The van der Waals surface area contributed by atoms with Crippen molar-refractivity contribution in [2.24, 2.45) is 0 Å². The molecule has 1 aliphatic rings. The first kappa shape index (κ1) is 16.3. The molecule has 0 saturated heterocycles. The molecule has 0 fully saturated rings. The normalized spacial score (nSPS) is 14.8. The van der Waals surface area contributed by atoms with Crippen LogP contribution in [0.4, 0.5) is 0 Å². The third-order valence-corrected chi connectivity index (χ3v) is 9.93. The molecule has 0 radical (unpaired) electrons. The maximum atomic E-state index is 2.35. The highest BCUT2D eigenvalue weighted by Crippen LogP contribution is 2.66. The van der Waals surface area contributed by atoms with Gasteiger partial charge in [0, 0.05) is 6.42 Å². The van der Waals surface area contributed by atoms with Crippen LogP contribution in [0.25, 0.3) is 0 Å². The van der Waals surface area contributed by atoms with Gasteiger partial charge in [0.05, 0.1) is 5.31 Å². The highest BCUT2D eigenvalue weighted by molar-refractivity contribution is 7.99. The van der Waals surface area contributed by atoms with Gasteiger partial charge in [-0.3, -0.25) is 0 Å². The van der Waals surface area contributed by atoms with E-state index in [-0.39, 0.29) is 0 Å². The summed E-state index contributed by atoms with van der Waals surface area (Å²) in [6.07, 6.45) is 3.75. The minimum atomic E-state index is -1.78. The molecule has 0 N–H and O–H groups in total. The van der Waals surface area contributed by atoms with Crippen molar-refractivity contribution in [3.8, 4) is 0 Å². The smallest absolute Gasteiger partial charge is 0.0620 e. The Morgan fingerprint density at radius 1 is 0.560 bits per heavy atom. The molecule has 0 nitrogen and oxygen atoms in total. The van der Waals surface area contributed by atoms with E-state index in [0.29, 0.717) is 0 Å². The van der Waals surface area contributed by atoms with Crippen molar-refractivity contribution in [2.75, 3.05) is 0 Å². The monoisotopic (exact) mass is 343 g/mol. The summed E-state index contributed by atoms with van der Waals surface area (Å²) in [7, 11) is -1.78. The van der Waals surface area contributed by atoms with Gasteiger partial charge in [-0.15, -0.1) is 0 Å². The average Bonchev–Trinajstić information content (AvgIpc) is 3.12. The van der Waals surface area contributed by atoms with E-state index >= 15 is 0 Å². The molecule has 0 aliphatic heterocycles. The van der Waals surface area contributed by atoms with Gasteiger partial charge in [0.2, 0.25) is 0 Å². The molecule has 0 bridgehead atoms. The van der Waals surface area contributed by atoms with Crippen LogP contribution < -0.4 is 15.9 Å². The number of rotatable bonds is 4. The Balaban J connectivity index is 2.11. The summed E-state index contributed by atoms with van der Waals surface area (Å²) < 4.78 is 0. The zero-order chi connectivity index (χ0) is 17.1. The van der Waals surface area contributed by atoms with Crippen molar-refractivity contribution < 1.29 is 0 Å². The van der Waals surface area contributed by atoms with E-state index in [4.69, 9.17) is 0 Å². The van der Waals surface area contributed by atoms with E-state index in [0.717, 1.165) is 0 Å². The molecule has 1 heteroatoms. The van der Waals surface area contributed by atoms with E-state index in [9.17, 15) is 0 Å². The van der Waals surface area contributed by atoms with Crippen LogP contribution >= 0.6 is 7.26 Å². The number of benzene rings is 3. The van der Waals surface area contributed by atoms with Gasteiger partial charge < -0.3 is 0 Å². The Kier molecular flexibility index (Phi) is 4.55. The lowest BCUT2D eigenvalue weighted by Gasteiger charge is -2.29. The Labute approximate surface area is 151 Å². The predicted molar refractivity (Wildman–Crippen MR) is 112 cm³/mol. The Bertz CT molecular complexity index is 767. The molecule has 0 saturated carbocycles. The fraction of sp³-hybridized carbons (Fsp3) is 0.167. The summed E-state index contributed by atoms with van der Waals surface area (Å²) in [5.74, 6) is 0. The van der Waals surface area contributed by atoms with Gasteiger partial charge in [0.15, 0.2) is 0 Å². The van der Waals surface area contributed by atoms with Crippen LogP contribution in [0, 0.1) is 0 Å². The molecule has 1 aliphatic carbocycles. The first-order chi connectivity index (χ1) is 12.3. The van der Waals surface area contributed by atoms with Gasteiger partial charge in [-0.25, -0.2) is 0 Å². The fourth-order valence-corrected chi connectivity index (χ4v) is 9.07. The first-order valence-corrected chi connectivity index (χ1v) is 10.9. The zero-order valence-corrected chi connectivity index (χ0v) is 15.6. The number of allylic oxidation sites excluding steroid dienone is 2. The molecule has 4 rings (SSSR count). The highest BCUT2D eigenvalue weighted by atomic mass is 31.2. The SMILES string of the molecule is CC1=C([P+](c2ccccc2)(c2ccccc2)c2ccccc2)CCC1. The Hall–Kier alpha value is -2.17. The lowest BCUT2D eigenvalue weighted by Crippen LogP contribution is -2.32. The van der Waals surface area contributed by atoms with Crippen LogP contribution in [0.3, 0.4) is 0 Å². The van der Waals surface area contributed by atoms with Gasteiger partial charge in [-0.2, -0.15) is 0 Å². The van der Waals surface area contributed by atoms with E-state index in [1.807, 2.05) is 0 Å². The lowest BCUT2D eigenvalue weighted by atomic mass is 10.3. The Morgan fingerprint density at radius 3 is 1.28 bits per heavy atom. The third kappa shape index (κ3) is 2.75. The van der Waals surface area contributed by atoms with Gasteiger partial charge in [-0.1, -0.05) is 54.6 Å². The van der Waals surface area contributed by atoms with Gasteiger partial charge in [0.25, 0.3) is 0 Å². The molecule has 0 spiro atoms. The second-order valence-corrected chi connectivity index (χ2v) is 10.2. The minimum Gasteiger partial charge on any atom is -0.0620 e. The van der Waals surface area contributed by atoms with Crippen LogP contribution in [0.1, 0.15) is 26.2 Å². The summed E-state index contributed by atoms with van der Waals surface area (Å²) in [6, 6.07) is 33.6. The maximum Gasteiger partial charge on any atom is 0.140 e. The van der Waals surface area contributed by atoms with Crippen molar-refractivity contribution in [1.82, 2.24) is 0 Å². The van der Waals surface area contributed by atoms with Gasteiger partial charge in [0.1, 0.15) is 23.2 Å². The van der Waals surface area contributed by atoms with Gasteiger partial charge >= 0.3 is 0 Å². The van der Waals surface area contributed by atoms with Crippen LogP contribution in [0.5, 0.6) is 0 Å². The average molecular weight is 343 g/mol. The zero-order valence-electron chi connectivity index (χ0n) is 14.7. The van der Waals surface area contributed by atoms with Crippen LogP contribution in [-0.4, -0.2) is 0 Å². The van der Waals surface area contributed by atoms with Crippen LogP contribution in [0.15, 0.2) is 102 Å². The third-order valence-electron chi connectivity index (χ3n) is 5.29. The van der Waals surface area contributed by atoms with Crippen LogP contribution in [0.2, 0.25) is 0 Å². The largest absolute Gasteiger partial charge is 0.140 e. The maximum absolute atomic E-state index is 2.35. The number of hydrogen-bond donors (Lipinski definition) is 0. The standard InChI is InChI=1S/C24H24P/c1-20-12-11-19-24(20)25(21-13-5-2-6-14-21,22-15-7-3-8-16-22)23-17-9-4-10-18-23/h2-10,13-18H,11-12,19H2,1H3/q+1. The molecule has 0 amide bonds. The molecule has 0 atom stereocenters. The lowest BCUT2D eigenvalue weighted by molar-refractivity contribution is 0.903.